The first-order valence-electron chi connectivity index (χ1n) is 3.09. The van der Waals surface area contributed by atoms with Crippen LogP contribution in [0.3, 0.4) is 0 Å². The van der Waals surface area contributed by atoms with Crippen molar-refractivity contribution in [2.45, 2.75) is 11.6 Å². The summed E-state index contributed by atoms with van der Waals surface area (Å²) in [6.45, 7) is -0.760. The molecule has 0 amide bonds. The Hall–Kier alpha value is 0.550. The van der Waals surface area contributed by atoms with Gasteiger partial charge in [0, 0.05) is 15.5 Å². The van der Waals surface area contributed by atoms with E-state index >= 15 is 0 Å². The second-order valence-electron chi connectivity index (χ2n) is 2.12. The van der Waals surface area contributed by atoms with E-state index in [1.165, 1.54) is 18.2 Å². The van der Waals surface area contributed by atoms with Crippen LogP contribution < -0.4 is 29.6 Å². The Morgan fingerprint density at radius 3 is 2.62 bits per heavy atom. The molecule has 66 valence electrons. The van der Waals surface area contributed by atoms with Crippen LogP contribution in [0.2, 0.25) is 5.02 Å². The van der Waals surface area contributed by atoms with Crippen LogP contribution in [0.5, 0.6) is 0 Å². The molecule has 0 aliphatic heterocycles. The van der Waals surface area contributed by atoms with E-state index in [0.29, 0.717) is 0 Å². The molecule has 1 atom stereocenters. The molecule has 0 aliphatic rings. The second-order valence-corrected chi connectivity index (χ2v) is 3.47. The molecule has 2 nitrogen and oxygen atoms in total. The minimum atomic E-state index is -2.32. The Labute approximate surface area is 105 Å². The van der Waals surface area contributed by atoms with Gasteiger partial charge >= 0.3 is 29.6 Å². The number of alkyl halides is 1. The standard InChI is InChI=1S/C7H6ClFO2S.Na/c8-7-2-1-6(12(10)11)3-5(7)4-9;/h1-3H,4H2,(H,10,11);/q;+1/p-1. The van der Waals surface area contributed by atoms with Crippen LogP contribution in [0.4, 0.5) is 4.39 Å². The molecule has 0 spiro atoms. The summed E-state index contributed by atoms with van der Waals surface area (Å²) in [6.07, 6.45) is 0. The number of hydrogen-bond donors (Lipinski definition) is 0. The maximum absolute atomic E-state index is 12.1. The molecule has 0 aromatic heterocycles. The van der Waals surface area contributed by atoms with Gasteiger partial charge in [0.2, 0.25) is 0 Å². The molecule has 13 heavy (non-hydrogen) atoms. The molecular formula is C7H5ClFNaO2S. The average Bonchev–Trinajstić information content (AvgIpc) is 2.05. The van der Waals surface area contributed by atoms with Crippen molar-refractivity contribution in [2.75, 3.05) is 0 Å². The fourth-order valence-corrected chi connectivity index (χ4v) is 1.34. The molecule has 0 radical (unpaired) electrons. The zero-order valence-electron chi connectivity index (χ0n) is 6.92. The third kappa shape index (κ3) is 3.65. The van der Waals surface area contributed by atoms with Gasteiger partial charge in [0.25, 0.3) is 0 Å². The van der Waals surface area contributed by atoms with E-state index in [1.54, 1.807) is 0 Å². The quantitative estimate of drug-likeness (QED) is 0.486. The van der Waals surface area contributed by atoms with Gasteiger partial charge in [-0.15, -0.1) is 0 Å². The fourth-order valence-electron chi connectivity index (χ4n) is 0.757. The molecule has 0 N–H and O–H groups in total. The van der Waals surface area contributed by atoms with E-state index in [4.69, 9.17) is 11.6 Å². The first kappa shape index (κ1) is 13.5. The van der Waals surface area contributed by atoms with Crippen LogP contribution in [-0.4, -0.2) is 8.76 Å². The molecule has 0 bridgehead atoms. The molecule has 0 fully saturated rings. The zero-order chi connectivity index (χ0) is 9.14. The first-order chi connectivity index (χ1) is 5.65. The number of hydrogen-bond acceptors (Lipinski definition) is 2. The number of benzene rings is 1. The Bertz CT molecular complexity index is 321. The van der Waals surface area contributed by atoms with Crippen LogP contribution in [-0.2, 0) is 17.8 Å². The van der Waals surface area contributed by atoms with E-state index in [9.17, 15) is 13.2 Å². The van der Waals surface area contributed by atoms with Gasteiger partial charge < -0.3 is 4.55 Å². The van der Waals surface area contributed by atoms with Crippen molar-refractivity contribution in [1.82, 2.24) is 0 Å². The van der Waals surface area contributed by atoms with Gasteiger partial charge in [-0.1, -0.05) is 11.6 Å². The molecule has 1 unspecified atom stereocenters. The monoisotopic (exact) mass is 230 g/mol. The molecule has 0 saturated heterocycles. The Kier molecular flexibility index (Phi) is 6.37. The summed E-state index contributed by atoms with van der Waals surface area (Å²) in [6, 6.07) is 3.90. The summed E-state index contributed by atoms with van der Waals surface area (Å²) in [4.78, 5) is 0.0482. The fraction of sp³-hybridized carbons (Fsp3) is 0.143. The van der Waals surface area contributed by atoms with Gasteiger partial charge in [-0.2, -0.15) is 0 Å². The van der Waals surface area contributed by atoms with Gasteiger partial charge in [-0.3, -0.25) is 4.21 Å². The largest absolute Gasteiger partial charge is 1.00 e. The summed E-state index contributed by atoms with van der Waals surface area (Å²) < 4.78 is 33.0. The van der Waals surface area contributed by atoms with Crippen molar-refractivity contribution in [3.8, 4) is 0 Å². The van der Waals surface area contributed by atoms with E-state index < -0.39 is 17.8 Å². The second kappa shape index (κ2) is 6.11. The minimum Gasteiger partial charge on any atom is -0.768 e. The third-order valence-electron chi connectivity index (χ3n) is 1.35. The normalized spacial score (nSPS) is 11.9. The summed E-state index contributed by atoms with van der Waals surface area (Å²) in [5, 5.41) is 0.242. The molecule has 0 aliphatic carbocycles. The predicted octanol–water partition coefficient (Wildman–Crippen LogP) is -0.948. The van der Waals surface area contributed by atoms with Crippen LogP contribution in [0, 0.1) is 0 Å². The number of rotatable bonds is 2. The van der Waals surface area contributed by atoms with E-state index in [-0.39, 0.29) is 45.0 Å². The van der Waals surface area contributed by atoms with Crippen molar-refractivity contribution in [2.24, 2.45) is 0 Å². The summed E-state index contributed by atoms with van der Waals surface area (Å²) in [7, 11) is 0. The third-order valence-corrected chi connectivity index (χ3v) is 2.36. The van der Waals surface area contributed by atoms with Gasteiger partial charge in [0.15, 0.2) is 0 Å². The predicted molar refractivity (Wildman–Crippen MR) is 43.4 cm³/mol. The molecule has 1 aromatic carbocycles. The smallest absolute Gasteiger partial charge is 0.768 e. The summed E-state index contributed by atoms with van der Waals surface area (Å²) in [5.41, 5.74) is 0.193. The van der Waals surface area contributed by atoms with Gasteiger partial charge in [0.1, 0.15) is 6.67 Å². The van der Waals surface area contributed by atoms with Crippen molar-refractivity contribution in [1.29, 1.82) is 0 Å². The Morgan fingerprint density at radius 2 is 2.15 bits per heavy atom. The summed E-state index contributed by atoms with van der Waals surface area (Å²) in [5.74, 6) is 0. The Morgan fingerprint density at radius 1 is 1.54 bits per heavy atom. The summed E-state index contributed by atoms with van der Waals surface area (Å²) >= 11 is 3.24. The zero-order valence-corrected chi connectivity index (χ0v) is 10.5. The van der Waals surface area contributed by atoms with Gasteiger partial charge in [-0.05, 0) is 29.3 Å². The minimum absolute atomic E-state index is 0. The van der Waals surface area contributed by atoms with E-state index in [0.717, 1.165) is 0 Å². The van der Waals surface area contributed by atoms with Crippen LogP contribution >= 0.6 is 11.6 Å². The van der Waals surface area contributed by atoms with E-state index in [2.05, 4.69) is 0 Å². The molecule has 6 heteroatoms. The molecule has 1 rings (SSSR count). The molecule has 1 aromatic rings. The van der Waals surface area contributed by atoms with Crippen LogP contribution in [0.25, 0.3) is 0 Å². The molecular weight excluding hydrogens is 226 g/mol. The Balaban J connectivity index is 0.00000144. The first-order valence-corrected chi connectivity index (χ1v) is 4.54. The number of halogens is 2. The maximum Gasteiger partial charge on any atom is 1.00 e. The topological polar surface area (TPSA) is 40.1 Å². The van der Waals surface area contributed by atoms with Crippen LogP contribution in [0.1, 0.15) is 5.56 Å². The van der Waals surface area contributed by atoms with Crippen molar-refractivity contribution in [3.05, 3.63) is 28.8 Å². The molecule has 0 heterocycles. The van der Waals surface area contributed by atoms with E-state index in [1.807, 2.05) is 0 Å². The van der Waals surface area contributed by atoms with Crippen molar-refractivity contribution < 1.29 is 42.7 Å². The van der Waals surface area contributed by atoms with Gasteiger partial charge in [0.05, 0.1) is 0 Å². The van der Waals surface area contributed by atoms with Crippen LogP contribution in [0.15, 0.2) is 23.1 Å². The van der Waals surface area contributed by atoms with Crippen molar-refractivity contribution in [3.63, 3.8) is 0 Å². The molecule has 0 saturated carbocycles. The van der Waals surface area contributed by atoms with Gasteiger partial charge in [-0.25, -0.2) is 4.39 Å². The maximum atomic E-state index is 12.1. The SMILES string of the molecule is O=S([O-])c1ccc(Cl)c(CF)c1.[Na+]. The van der Waals surface area contributed by atoms with Crippen molar-refractivity contribution >= 4 is 22.7 Å². The average molecular weight is 231 g/mol.